The lowest BCUT2D eigenvalue weighted by Crippen LogP contribution is -2.33. The van der Waals surface area contributed by atoms with Crippen LogP contribution in [0, 0.1) is 0 Å². The van der Waals surface area contributed by atoms with E-state index in [1.54, 1.807) is 7.05 Å². The third kappa shape index (κ3) is 3.27. The van der Waals surface area contributed by atoms with Crippen LogP contribution in [0.4, 0.5) is 5.69 Å². The van der Waals surface area contributed by atoms with Crippen molar-refractivity contribution in [2.45, 2.75) is 10.9 Å². The van der Waals surface area contributed by atoms with E-state index in [-0.39, 0.29) is 0 Å². The number of thioether (sulfide) groups is 1. The predicted molar refractivity (Wildman–Crippen MR) is 78.2 cm³/mol. The molecule has 2 aromatic rings. The molecular weight excluding hydrogens is 332 g/mol. The summed E-state index contributed by atoms with van der Waals surface area (Å²) in [6.07, 6.45) is 0. The summed E-state index contributed by atoms with van der Waals surface area (Å²) in [5, 5.41) is 2.83. The number of nitrogens with one attached hydrogen (secondary N) is 1. The Hall–Kier alpha value is -1.54. The zero-order valence-corrected chi connectivity index (χ0v) is 12.4. The molecule has 8 heteroatoms. The number of anilines is 1. The summed E-state index contributed by atoms with van der Waals surface area (Å²) in [5.74, 6) is 0.561. The van der Waals surface area contributed by atoms with E-state index >= 15 is 0 Å². The van der Waals surface area contributed by atoms with E-state index in [9.17, 15) is 9.59 Å². The number of benzene rings is 1. The highest BCUT2D eigenvalue weighted by molar-refractivity contribution is 9.10. The third-order valence-electron chi connectivity index (χ3n) is 2.41. The second-order valence-electron chi connectivity index (χ2n) is 3.83. The van der Waals surface area contributed by atoms with Gasteiger partial charge in [-0.1, -0.05) is 33.8 Å². The van der Waals surface area contributed by atoms with E-state index in [1.165, 1.54) is 16.4 Å². The molecule has 3 N–H and O–H groups in total. The molecular formula is C11H11BrN4O2S. The molecule has 0 radical (unpaired) electrons. The van der Waals surface area contributed by atoms with Crippen LogP contribution in [0.15, 0.2) is 37.4 Å². The van der Waals surface area contributed by atoms with Crippen molar-refractivity contribution in [3.05, 3.63) is 48.9 Å². The van der Waals surface area contributed by atoms with Gasteiger partial charge in [-0.2, -0.15) is 4.98 Å². The van der Waals surface area contributed by atoms with Crippen molar-refractivity contribution in [2.24, 2.45) is 7.05 Å². The molecule has 0 bridgehead atoms. The number of hydrogen-bond acceptors (Lipinski definition) is 5. The Balaban J connectivity index is 2.21. The fourth-order valence-corrected chi connectivity index (χ4v) is 2.74. The summed E-state index contributed by atoms with van der Waals surface area (Å²) < 4.78 is 2.33. The molecule has 2 rings (SSSR count). The van der Waals surface area contributed by atoms with Crippen LogP contribution in [-0.4, -0.2) is 14.8 Å². The maximum atomic E-state index is 11.2. The highest BCUT2D eigenvalue weighted by Gasteiger charge is 2.06. The van der Waals surface area contributed by atoms with Crippen molar-refractivity contribution in [3.63, 3.8) is 0 Å². The van der Waals surface area contributed by atoms with Gasteiger partial charge in [0.15, 0.2) is 5.16 Å². The van der Waals surface area contributed by atoms with Gasteiger partial charge in [0.2, 0.25) is 0 Å². The molecule has 0 spiro atoms. The molecule has 0 aliphatic heterocycles. The second-order valence-corrected chi connectivity index (χ2v) is 5.69. The van der Waals surface area contributed by atoms with E-state index in [4.69, 9.17) is 5.73 Å². The number of aryl methyl sites for hydroxylation is 1. The van der Waals surface area contributed by atoms with Crippen LogP contribution in [0.5, 0.6) is 0 Å². The number of nitrogens with zero attached hydrogens (tertiary/aromatic N) is 2. The maximum Gasteiger partial charge on any atom is 0.339 e. The van der Waals surface area contributed by atoms with Crippen molar-refractivity contribution in [2.75, 3.05) is 5.73 Å². The van der Waals surface area contributed by atoms with Crippen LogP contribution in [0.2, 0.25) is 0 Å². The standard InChI is InChI=1S/C11H11BrN4O2S/c1-16-11(14-9(17)10(18)15-16)19-5-6-2-3-7(12)4-8(6)13/h2-4H,5,13H2,1H3,(H,15,18). The zero-order valence-electron chi connectivity index (χ0n) is 10.0. The minimum Gasteiger partial charge on any atom is -0.398 e. The zero-order chi connectivity index (χ0) is 14.0. The fourth-order valence-electron chi connectivity index (χ4n) is 1.43. The van der Waals surface area contributed by atoms with Crippen molar-refractivity contribution in [3.8, 4) is 0 Å². The minimum atomic E-state index is -0.788. The van der Waals surface area contributed by atoms with Crippen LogP contribution >= 0.6 is 27.7 Å². The van der Waals surface area contributed by atoms with Gasteiger partial charge in [-0.15, -0.1) is 0 Å². The van der Waals surface area contributed by atoms with Crippen molar-refractivity contribution in [1.82, 2.24) is 14.8 Å². The number of aromatic nitrogens is 3. The Bertz CT molecular complexity index is 725. The Morgan fingerprint density at radius 1 is 1.47 bits per heavy atom. The molecule has 0 aliphatic rings. The fraction of sp³-hybridized carbons (Fsp3) is 0.182. The number of hydrogen-bond donors (Lipinski definition) is 2. The molecule has 0 fully saturated rings. The Morgan fingerprint density at radius 3 is 2.89 bits per heavy atom. The SMILES string of the molecule is Cn1[nH]c(=O)c(=O)nc1SCc1ccc(Br)cc1N. The Morgan fingerprint density at radius 2 is 2.21 bits per heavy atom. The van der Waals surface area contributed by atoms with E-state index in [0.29, 0.717) is 16.6 Å². The van der Waals surface area contributed by atoms with Crippen LogP contribution in [0.25, 0.3) is 0 Å². The number of H-pyrrole nitrogens is 1. The number of nitrogen functional groups attached to an aromatic ring is 1. The molecule has 0 saturated carbocycles. The number of halogens is 1. The van der Waals surface area contributed by atoms with E-state index in [2.05, 4.69) is 26.0 Å². The van der Waals surface area contributed by atoms with Crippen molar-refractivity contribution < 1.29 is 0 Å². The van der Waals surface area contributed by atoms with Crippen molar-refractivity contribution in [1.29, 1.82) is 0 Å². The number of rotatable bonds is 3. The summed E-state index contributed by atoms with van der Waals surface area (Å²) in [5.41, 5.74) is 5.97. The highest BCUT2D eigenvalue weighted by Crippen LogP contribution is 2.25. The molecule has 0 atom stereocenters. The normalized spacial score (nSPS) is 10.6. The van der Waals surface area contributed by atoms with E-state index in [1.807, 2.05) is 18.2 Å². The molecule has 100 valence electrons. The first kappa shape index (κ1) is 13.9. The van der Waals surface area contributed by atoms with Crippen molar-refractivity contribution >= 4 is 33.4 Å². The van der Waals surface area contributed by atoms with Gasteiger partial charge in [0.25, 0.3) is 0 Å². The summed E-state index contributed by atoms with van der Waals surface area (Å²) in [4.78, 5) is 26.0. The summed E-state index contributed by atoms with van der Waals surface area (Å²) in [6.45, 7) is 0. The molecule has 19 heavy (non-hydrogen) atoms. The summed E-state index contributed by atoms with van der Waals surface area (Å²) in [6, 6.07) is 5.61. The molecule has 1 aromatic carbocycles. The van der Waals surface area contributed by atoms with E-state index in [0.717, 1.165) is 10.0 Å². The lowest BCUT2D eigenvalue weighted by atomic mass is 10.2. The first-order chi connectivity index (χ1) is 8.97. The van der Waals surface area contributed by atoms with Gasteiger partial charge >= 0.3 is 11.1 Å². The molecule has 1 heterocycles. The largest absolute Gasteiger partial charge is 0.398 e. The van der Waals surface area contributed by atoms with Crippen LogP contribution < -0.4 is 16.9 Å². The van der Waals surface area contributed by atoms with Gasteiger partial charge in [0.05, 0.1) is 0 Å². The number of nitrogens with two attached hydrogens (primary N) is 1. The van der Waals surface area contributed by atoms with Crippen LogP contribution in [-0.2, 0) is 12.8 Å². The predicted octanol–water partition coefficient (Wildman–Crippen LogP) is 1.11. The first-order valence-corrected chi connectivity index (χ1v) is 7.09. The van der Waals surface area contributed by atoms with Gasteiger partial charge in [-0.05, 0) is 17.7 Å². The Kier molecular flexibility index (Phi) is 4.11. The van der Waals surface area contributed by atoms with Gasteiger partial charge in [0, 0.05) is 23.0 Å². The Labute approximate surface area is 121 Å². The lowest BCUT2D eigenvalue weighted by Gasteiger charge is -2.08. The highest BCUT2D eigenvalue weighted by atomic mass is 79.9. The van der Waals surface area contributed by atoms with Gasteiger partial charge in [0.1, 0.15) is 0 Å². The van der Waals surface area contributed by atoms with E-state index < -0.39 is 11.1 Å². The lowest BCUT2D eigenvalue weighted by molar-refractivity contribution is 0.596. The summed E-state index contributed by atoms with van der Waals surface area (Å²) in [7, 11) is 1.63. The maximum absolute atomic E-state index is 11.2. The average Bonchev–Trinajstić information content (AvgIpc) is 2.34. The van der Waals surface area contributed by atoms with Gasteiger partial charge in [-0.3, -0.25) is 19.4 Å². The average molecular weight is 343 g/mol. The van der Waals surface area contributed by atoms with Gasteiger partial charge < -0.3 is 5.73 Å². The molecule has 6 nitrogen and oxygen atoms in total. The molecule has 1 aromatic heterocycles. The first-order valence-electron chi connectivity index (χ1n) is 5.31. The van der Waals surface area contributed by atoms with Gasteiger partial charge in [-0.25, -0.2) is 0 Å². The number of aromatic amines is 1. The molecule has 0 saturated heterocycles. The molecule has 0 aliphatic carbocycles. The monoisotopic (exact) mass is 342 g/mol. The van der Waals surface area contributed by atoms with Crippen LogP contribution in [0.3, 0.4) is 0 Å². The summed E-state index contributed by atoms with van der Waals surface area (Å²) >= 11 is 4.67. The molecule has 0 unspecified atom stereocenters. The van der Waals surface area contributed by atoms with Crippen LogP contribution in [0.1, 0.15) is 5.56 Å². The molecule has 0 amide bonds. The quantitative estimate of drug-likeness (QED) is 0.495. The topological polar surface area (TPSA) is 93.8 Å². The minimum absolute atomic E-state index is 0.437. The second kappa shape index (κ2) is 5.62. The third-order valence-corrected chi connectivity index (χ3v) is 3.98. The smallest absolute Gasteiger partial charge is 0.339 e.